The van der Waals surface area contributed by atoms with E-state index in [9.17, 15) is 24.1 Å². The van der Waals surface area contributed by atoms with E-state index in [1.54, 1.807) is 29.2 Å². The van der Waals surface area contributed by atoms with Crippen molar-refractivity contribution in [2.75, 3.05) is 7.11 Å². The summed E-state index contributed by atoms with van der Waals surface area (Å²) in [6.45, 7) is -0.128. The monoisotopic (exact) mass is 447 g/mol. The standard InChI is InChI=1S/C20H15ClFN3O6/c1-30-17-9-11(5-7-15-18(25(28)29)19(26)24-20(27)23-15)6-8-16(17)31-10-12-13(21)3-2-4-14(12)22/h2-9H,10H2,1H3,(H2,23,24,26,27)/b7-5+. The van der Waals surface area contributed by atoms with Gasteiger partial charge < -0.3 is 14.5 Å². The third-order valence-electron chi connectivity index (χ3n) is 4.19. The Morgan fingerprint density at radius 2 is 1.94 bits per heavy atom. The van der Waals surface area contributed by atoms with Crippen LogP contribution in [-0.2, 0) is 6.61 Å². The minimum atomic E-state index is -1.11. The number of rotatable bonds is 7. The van der Waals surface area contributed by atoms with Gasteiger partial charge in [0, 0.05) is 5.56 Å². The first-order chi connectivity index (χ1) is 14.8. The van der Waals surface area contributed by atoms with Crippen LogP contribution in [0.4, 0.5) is 10.1 Å². The molecule has 1 aromatic heterocycles. The molecule has 31 heavy (non-hydrogen) atoms. The van der Waals surface area contributed by atoms with Crippen LogP contribution in [0.2, 0.25) is 5.02 Å². The summed E-state index contributed by atoms with van der Waals surface area (Å²) in [7, 11) is 1.41. The minimum Gasteiger partial charge on any atom is -0.493 e. The molecule has 0 unspecified atom stereocenters. The van der Waals surface area contributed by atoms with E-state index in [0.29, 0.717) is 17.1 Å². The van der Waals surface area contributed by atoms with Gasteiger partial charge in [0.1, 0.15) is 18.1 Å². The van der Waals surface area contributed by atoms with Gasteiger partial charge >= 0.3 is 16.9 Å². The first-order valence-corrected chi connectivity index (χ1v) is 9.10. The number of hydrogen-bond donors (Lipinski definition) is 2. The fourth-order valence-electron chi connectivity index (χ4n) is 2.71. The van der Waals surface area contributed by atoms with Crippen LogP contribution in [0.5, 0.6) is 11.5 Å². The van der Waals surface area contributed by atoms with E-state index >= 15 is 0 Å². The maximum Gasteiger partial charge on any atom is 0.357 e. The molecule has 9 nitrogen and oxygen atoms in total. The molecule has 160 valence electrons. The molecule has 0 aliphatic rings. The molecule has 3 rings (SSSR count). The van der Waals surface area contributed by atoms with Gasteiger partial charge in [-0.15, -0.1) is 0 Å². The molecule has 0 atom stereocenters. The fourth-order valence-corrected chi connectivity index (χ4v) is 2.92. The Kier molecular flexibility index (Phi) is 6.51. The van der Waals surface area contributed by atoms with Crippen molar-refractivity contribution in [1.29, 1.82) is 0 Å². The highest BCUT2D eigenvalue weighted by atomic mass is 35.5. The number of aromatic nitrogens is 2. The van der Waals surface area contributed by atoms with Crippen molar-refractivity contribution in [2.45, 2.75) is 6.61 Å². The molecule has 2 N–H and O–H groups in total. The molecule has 0 saturated carbocycles. The van der Waals surface area contributed by atoms with Crippen molar-refractivity contribution in [1.82, 2.24) is 9.97 Å². The van der Waals surface area contributed by atoms with Crippen LogP contribution in [-0.4, -0.2) is 22.0 Å². The van der Waals surface area contributed by atoms with Crippen molar-refractivity contribution in [3.8, 4) is 11.5 Å². The lowest BCUT2D eigenvalue weighted by Gasteiger charge is -2.12. The molecule has 0 fully saturated rings. The smallest absolute Gasteiger partial charge is 0.357 e. The highest BCUT2D eigenvalue weighted by Crippen LogP contribution is 2.31. The van der Waals surface area contributed by atoms with Crippen molar-refractivity contribution in [2.24, 2.45) is 0 Å². The zero-order valence-electron chi connectivity index (χ0n) is 16.0. The second kappa shape index (κ2) is 9.26. The second-order valence-corrected chi connectivity index (χ2v) is 6.57. The summed E-state index contributed by atoms with van der Waals surface area (Å²) in [5.74, 6) is 0.123. The van der Waals surface area contributed by atoms with Gasteiger partial charge in [-0.05, 0) is 35.9 Å². The van der Waals surface area contributed by atoms with Crippen LogP contribution in [0.3, 0.4) is 0 Å². The summed E-state index contributed by atoms with van der Waals surface area (Å²) in [6.07, 6.45) is 2.67. The van der Waals surface area contributed by atoms with E-state index in [1.807, 2.05) is 0 Å². The lowest BCUT2D eigenvalue weighted by atomic mass is 10.1. The third kappa shape index (κ3) is 4.98. The van der Waals surface area contributed by atoms with Crippen LogP contribution in [0.15, 0.2) is 46.0 Å². The lowest BCUT2D eigenvalue weighted by Crippen LogP contribution is -2.25. The largest absolute Gasteiger partial charge is 0.493 e. The van der Waals surface area contributed by atoms with E-state index in [-0.39, 0.29) is 22.9 Å². The van der Waals surface area contributed by atoms with Gasteiger partial charge in [-0.3, -0.25) is 19.9 Å². The van der Waals surface area contributed by atoms with Crippen LogP contribution in [0.1, 0.15) is 16.8 Å². The molecule has 0 aliphatic heterocycles. The Morgan fingerprint density at radius 3 is 2.61 bits per heavy atom. The highest BCUT2D eigenvalue weighted by Gasteiger charge is 2.19. The lowest BCUT2D eigenvalue weighted by molar-refractivity contribution is -0.386. The van der Waals surface area contributed by atoms with E-state index in [0.717, 1.165) is 0 Å². The van der Waals surface area contributed by atoms with Crippen molar-refractivity contribution >= 4 is 29.4 Å². The van der Waals surface area contributed by atoms with Gasteiger partial charge in [-0.2, -0.15) is 0 Å². The molecule has 0 bridgehead atoms. The topological polar surface area (TPSA) is 127 Å². The molecule has 3 aromatic rings. The van der Waals surface area contributed by atoms with Gasteiger partial charge in [0.05, 0.1) is 17.1 Å². The van der Waals surface area contributed by atoms with Gasteiger partial charge in [0.15, 0.2) is 11.5 Å². The molecule has 0 aliphatic carbocycles. The zero-order chi connectivity index (χ0) is 22.5. The number of nitro groups is 1. The Morgan fingerprint density at radius 1 is 1.16 bits per heavy atom. The molecule has 0 radical (unpaired) electrons. The Balaban J connectivity index is 1.86. The molecular weight excluding hydrogens is 433 g/mol. The average molecular weight is 448 g/mol. The maximum atomic E-state index is 13.9. The van der Waals surface area contributed by atoms with Gasteiger partial charge in [0.2, 0.25) is 0 Å². The van der Waals surface area contributed by atoms with E-state index in [4.69, 9.17) is 21.1 Å². The fraction of sp³-hybridized carbons (Fsp3) is 0.100. The van der Waals surface area contributed by atoms with Gasteiger partial charge in [-0.1, -0.05) is 29.8 Å². The van der Waals surface area contributed by atoms with Crippen LogP contribution < -0.4 is 20.7 Å². The number of methoxy groups -OCH3 is 1. The quantitative estimate of drug-likeness (QED) is 0.421. The number of hydrogen-bond acceptors (Lipinski definition) is 6. The molecule has 11 heteroatoms. The summed E-state index contributed by atoms with van der Waals surface area (Å²) in [5, 5.41) is 11.3. The normalized spacial score (nSPS) is 10.9. The Bertz CT molecular complexity index is 1260. The summed E-state index contributed by atoms with van der Waals surface area (Å²) in [4.78, 5) is 37.3. The number of halogens is 2. The van der Waals surface area contributed by atoms with Crippen molar-refractivity contribution in [3.05, 3.63) is 95.0 Å². The Hall–Kier alpha value is -3.92. The predicted molar refractivity (Wildman–Crippen MR) is 112 cm³/mol. The molecular formula is C20H15ClFN3O6. The first kappa shape index (κ1) is 21.8. The number of benzene rings is 2. The predicted octanol–water partition coefficient (Wildman–Crippen LogP) is 3.52. The molecule has 0 spiro atoms. The zero-order valence-corrected chi connectivity index (χ0v) is 16.7. The first-order valence-electron chi connectivity index (χ1n) is 8.73. The maximum absolute atomic E-state index is 13.9. The van der Waals surface area contributed by atoms with E-state index in [2.05, 4.69) is 4.98 Å². The number of nitrogens with one attached hydrogen (secondary N) is 2. The SMILES string of the molecule is COc1cc(/C=C/c2[nH]c(=O)[nH]c(=O)c2[N+](=O)[O-])ccc1OCc1c(F)cccc1Cl. The van der Waals surface area contributed by atoms with Crippen molar-refractivity contribution in [3.63, 3.8) is 0 Å². The second-order valence-electron chi connectivity index (χ2n) is 6.16. The van der Waals surface area contributed by atoms with Gasteiger partial charge in [0.25, 0.3) is 0 Å². The molecule has 0 amide bonds. The third-order valence-corrected chi connectivity index (χ3v) is 4.55. The molecule has 1 heterocycles. The Labute approximate surface area is 178 Å². The summed E-state index contributed by atoms with van der Waals surface area (Å²) in [6, 6.07) is 9.03. The van der Waals surface area contributed by atoms with Gasteiger partial charge in [-0.25, -0.2) is 9.18 Å². The minimum absolute atomic E-state index is 0.128. The number of aromatic amines is 2. The van der Waals surface area contributed by atoms with Crippen LogP contribution in [0.25, 0.3) is 12.2 Å². The summed E-state index contributed by atoms with van der Waals surface area (Å²) in [5.41, 5.74) is -2.30. The number of H-pyrrole nitrogens is 2. The summed E-state index contributed by atoms with van der Waals surface area (Å²) < 4.78 is 24.8. The molecule has 2 aromatic carbocycles. The van der Waals surface area contributed by atoms with E-state index < -0.39 is 27.7 Å². The van der Waals surface area contributed by atoms with Crippen LogP contribution in [0, 0.1) is 15.9 Å². The average Bonchev–Trinajstić information content (AvgIpc) is 2.71. The molecule has 0 saturated heterocycles. The van der Waals surface area contributed by atoms with E-state index in [1.165, 1.54) is 31.4 Å². The van der Waals surface area contributed by atoms with Crippen LogP contribution >= 0.6 is 11.6 Å². The number of nitrogens with zero attached hydrogens (tertiary/aromatic N) is 1. The number of ether oxygens (including phenoxy) is 2. The highest BCUT2D eigenvalue weighted by molar-refractivity contribution is 6.31. The van der Waals surface area contributed by atoms with Crippen molar-refractivity contribution < 1.29 is 18.8 Å². The summed E-state index contributed by atoms with van der Waals surface area (Å²) >= 11 is 5.99.